The van der Waals surface area contributed by atoms with Crippen LogP contribution in [0.1, 0.15) is 68.2 Å². The fraction of sp³-hybridized carbons (Fsp3) is 0.391. The van der Waals surface area contributed by atoms with Crippen molar-refractivity contribution in [3.63, 3.8) is 0 Å². The molecule has 1 heterocycles. The summed E-state index contributed by atoms with van der Waals surface area (Å²) in [4.78, 5) is 8.10. The fourth-order valence-corrected chi connectivity index (χ4v) is 4.11. The molecule has 0 amide bonds. The predicted molar refractivity (Wildman–Crippen MR) is 116 cm³/mol. The molecule has 4 heteroatoms. The maximum atomic E-state index is 6.21. The summed E-state index contributed by atoms with van der Waals surface area (Å²) in [6.45, 7) is 2.29. The lowest BCUT2D eigenvalue weighted by Gasteiger charge is -2.28. The molecule has 2 aromatic rings. The Hall–Kier alpha value is -1.98. The zero-order valence-corrected chi connectivity index (χ0v) is 17.1. The van der Waals surface area contributed by atoms with E-state index in [1.165, 1.54) is 44.1 Å². The lowest BCUT2D eigenvalue weighted by Crippen LogP contribution is -2.13. The van der Waals surface area contributed by atoms with Crippen LogP contribution in [0.3, 0.4) is 0 Å². The van der Waals surface area contributed by atoms with Gasteiger partial charge in [0.25, 0.3) is 0 Å². The van der Waals surface area contributed by atoms with E-state index in [1.54, 1.807) is 12.3 Å². The summed E-state index contributed by atoms with van der Waals surface area (Å²) in [5.41, 5.74) is 3.53. The van der Waals surface area contributed by atoms with Crippen LogP contribution in [0.5, 0.6) is 0 Å². The van der Waals surface area contributed by atoms with Gasteiger partial charge in [-0.1, -0.05) is 49.4 Å². The van der Waals surface area contributed by atoms with Gasteiger partial charge < -0.3 is 0 Å². The van der Waals surface area contributed by atoms with Gasteiger partial charge in [0.15, 0.2) is 0 Å². The van der Waals surface area contributed by atoms with Crippen LogP contribution in [0.4, 0.5) is 5.69 Å². The van der Waals surface area contributed by atoms with Gasteiger partial charge in [-0.15, -0.1) is 0 Å². The quantitative estimate of drug-likeness (QED) is 0.318. The maximum absolute atomic E-state index is 6.21. The number of rotatable bonds is 4. The van der Waals surface area contributed by atoms with E-state index in [-0.39, 0.29) is 0 Å². The van der Waals surface area contributed by atoms with Crippen molar-refractivity contribution in [1.29, 1.82) is 0 Å². The molecule has 0 unspecified atom stereocenters. The monoisotopic (exact) mass is 394 g/mol. The van der Waals surface area contributed by atoms with Crippen molar-refractivity contribution >= 4 is 34.7 Å². The second-order valence-corrected chi connectivity index (χ2v) is 7.70. The molecule has 1 fully saturated rings. The van der Waals surface area contributed by atoms with Crippen LogP contribution >= 0.6 is 23.8 Å². The highest BCUT2D eigenvalue weighted by atomic mass is 35.5. The summed E-state index contributed by atoms with van der Waals surface area (Å²) < 4.78 is 0. The molecule has 0 radical (unpaired) electrons. The second kappa shape index (κ2) is 9.81. The Morgan fingerprint density at radius 3 is 2.52 bits per heavy atom. The molecule has 1 aromatic heterocycles. The van der Waals surface area contributed by atoms with Crippen LogP contribution in [-0.4, -0.2) is 10.1 Å². The normalized spacial score (nSPS) is 18.9. The van der Waals surface area contributed by atoms with Gasteiger partial charge in [0.2, 0.25) is 0 Å². The van der Waals surface area contributed by atoms with Crippen LogP contribution in [-0.2, 0) is 0 Å². The van der Waals surface area contributed by atoms with Crippen LogP contribution < -0.4 is 0 Å². The van der Waals surface area contributed by atoms with Gasteiger partial charge in [0.1, 0.15) is 5.69 Å². The smallest absolute Gasteiger partial charge is 0.132 e. The summed E-state index contributed by atoms with van der Waals surface area (Å²) in [5.74, 6) is 7.82. The number of benzene rings is 1. The Labute approximate surface area is 172 Å². The summed E-state index contributed by atoms with van der Waals surface area (Å²) in [6, 6.07) is 10.3. The Balaban J connectivity index is 1.65. The number of aromatic nitrogens is 1. The molecule has 0 spiro atoms. The molecular formula is C23H23ClN2S. The number of pyridine rings is 1. The highest BCUT2D eigenvalue weighted by Gasteiger charge is 2.21. The molecule has 27 heavy (non-hydrogen) atoms. The number of thiocarbonyl (C=S) groups is 1. The van der Waals surface area contributed by atoms with Crippen molar-refractivity contribution in [2.45, 2.75) is 51.4 Å². The molecule has 0 saturated heterocycles. The van der Waals surface area contributed by atoms with Gasteiger partial charge in [-0.3, -0.25) is 0 Å². The number of aliphatic imine (C=N–C) groups is 1. The largest absolute Gasteiger partial charge is 0.244 e. The molecule has 0 aliphatic heterocycles. The molecular weight excluding hydrogens is 372 g/mol. The predicted octanol–water partition coefficient (Wildman–Crippen LogP) is 6.94. The molecule has 0 atom stereocenters. The Morgan fingerprint density at radius 2 is 1.89 bits per heavy atom. The molecule has 1 aliphatic carbocycles. The van der Waals surface area contributed by atoms with Crippen LogP contribution in [0.25, 0.3) is 0 Å². The standard InChI is InChI=1S/C23H23ClN2S/c1-2-3-17-4-9-19(10-5-17)20-11-6-18(7-12-20)8-13-23-22(24)14-21(15-25-23)26-16-27/h6-7,11-12,14-15,17,19H,2-5,9-10H2,1H3. The Morgan fingerprint density at radius 1 is 1.15 bits per heavy atom. The van der Waals surface area contributed by atoms with Gasteiger partial charge in [-0.05, 0) is 79.4 Å². The number of halogens is 1. The number of isothiocyanates is 1. The van der Waals surface area contributed by atoms with Gasteiger partial charge in [0.05, 0.1) is 22.1 Å². The Kier molecular flexibility index (Phi) is 7.18. The average molecular weight is 395 g/mol. The summed E-state index contributed by atoms with van der Waals surface area (Å²) in [7, 11) is 0. The lowest BCUT2D eigenvalue weighted by atomic mass is 9.77. The van der Waals surface area contributed by atoms with E-state index in [2.05, 4.69) is 70.4 Å². The minimum absolute atomic E-state index is 0.467. The maximum Gasteiger partial charge on any atom is 0.132 e. The summed E-state index contributed by atoms with van der Waals surface area (Å²) >= 11 is 10.8. The lowest BCUT2D eigenvalue weighted by molar-refractivity contribution is 0.308. The minimum Gasteiger partial charge on any atom is -0.244 e. The molecule has 0 N–H and O–H groups in total. The molecule has 138 valence electrons. The first-order valence-electron chi connectivity index (χ1n) is 9.55. The SMILES string of the molecule is CCCC1CCC(c2ccc(C#Cc3ncc(N=C=S)cc3Cl)cc2)CC1. The zero-order valence-electron chi connectivity index (χ0n) is 15.5. The van der Waals surface area contributed by atoms with Gasteiger partial charge >= 0.3 is 0 Å². The van der Waals surface area contributed by atoms with Crippen LogP contribution in [0.15, 0.2) is 41.5 Å². The first-order valence-corrected chi connectivity index (χ1v) is 10.3. The average Bonchev–Trinajstić information content (AvgIpc) is 2.69. The third-order valence-electron chi connectivity index (χ3n) is 5.25. The summed E-state index contributed by atoms with van der Waals surface area (Å²) in [5, 5.41) is 2.77. The van der Waals surface area contributed by atoms with E-state index in [1.807, 2.05) is 0 Å². The van der Waals surface area contributed by atoms with Gasteiger partial charge in [-0.25, -0.2) is 4.98 Å². The van der Waals surface area contributed by atoms with E-state index >= 15 is 0 Å². The van der Waals surface area contributed by atoms with Crippen LogP contribution in [0, 0.1) is 17.8 Å². The van der Waals surface area contributed by atoms with Crippen molar-refractivity contribution in [3.05, 3.63) is 58.4 Å². The second-order valence-electron chi connectivity index (χ2n) is 7.11. The molecule has 0 bridgehead atoms. The zero-order chi connectivity index (χ0) is 19.1. The molecule has 2 nitrogen and oxygen atoms in total. The van der Waals surface area contributed by atoms with Crippen LogP contribution in [0.2, 0.25) is 5.02 Å². The third kappa shape index (κ3) is 5.50. The minimum atomic E-state index is 0.467. The molecule has 3 rings (SSSR count). The first kappa shape index (κ1) is 19.8. The third-order valence-corrected chi connectivity index (χ3v) is 5.63. The van der Waals surface area contributed by atoms with Crippen molar-refractivity contribution < 1.29 is 0 Å². The Bertz CT molecular complexity index is 881. The number of hydrogen-bond donors (Lipinski definition) is 0. The van der Waals surface area contributed by atoms with Crippen molar-refractivity contribution in [1.82, 2.24) is 4.98 Å². The van der Waals surface area contributed by atoms with E-state index in [9.17, 15) is 0 Å². The molecule has 1 aromatic carbocycles. The van der Waals surface area contributed by atoms with E-state index in [0.29, 0.717) is 22.3 Å². The van der Waals surface area contributed by atoms with E-state index in [0.717, 1.165) is 11.5 Å². The molecule has 1 saturated carbocycles. The van der Waals surface area contributed by atoms with Crippen molar-refractivity contribution in [2.24, 2.45) is 10.9 Å². The highest BCUT2D eigenvalue weighted by molar-refractivity contribution is 7.78. The molecule has 1 aliphatic rings. The van der Waals surface area contributed by atoms with Gasteiger partial charge in [-0.2, -0.15) is 4.99 Å². The number of hydrogen-bond acceptors (Lipinski definition) is 3. The topological polar surface area (TPSA) is 25.2 Å². The summed E-state index contributed by atoms with van der Waals surface area (Å²) in [6.07, 6.45) is 9.65. The highest BCUT2D eigenvalue weighted by Crippen LogP contribution is 2.37. The van der Waals surface area contributed by atoms with Gasteiger partial charge in [0, 0.05) is 5.56 Å². The van der Waals surface area contributed by atoms with Crippen molar-refractivity contribution in [3.8, 4) is 11.8 Å². The van der Waals surface area contributed by atoms with E-state index in [4.69, 9.17) is 11.6 Å². The fourth-order valence-electron chi connectivity index (χ4n) is 3.80. The van der Waals surface area contributed by atoms with E-state index < -0.39 is 0 Å². The first-order chi connectivity index (χ1) is 13.2. The van der Waals surface area contributed by atoms with Crippen molar-refractivity contribution in [2.75, 3.05) is 0 Å². The number of nitrogens with zero attached hydrogens (tertiary/aromatic N) is 2.